The van der Waals surface area contributed by atoms with Crippen LogP contribution in [0.5, 0.6) is 0 Å². The van der Waals surface area contributed by atoms with Crippen LogP contribution in [0.25, 0.3) is 5.69 Å². The zero-order valence-corrected chi connectivity index (χ0v) is 15.1. The molecule has 0 radical (unpaired) electrons. The summed E-state index contributed by atoms with van der Waals surface area (Å²) in [5, 5.41) is 13.3. The molecule has 0 amide bonds. The average molecular weight is 336 g/mol. The fourth-order valence-electron chi connectivity index (χ4n) is 3.90. The van der Waals surface area contributed by atoms with Crippen molar-refractivity contribution in [3.63, 3.8) is 0 Å². The summed E-state index contributed by atoms with van der Waals surface area (Å²) >= 11 is 0. The van der Waals surface area contributed by atoms with E-state index in [1.807, 2.05) is 52.9 Å². The number of nitrogens with zero attached hydrogens (tertiary/aromatic N) is 6. The Labute approximate surface area is 148 Å². The van der Waals surface area contributed by atoms with Gasteiger partial charge in [0.15, 0.2) is 0 Å². The van der Waals surface area contributed by atoms with Crippen molar-refractivity contribution in [3.05, 3.63) is 59.2 Å². The molecule has 1 saturated heterocycles. The predicted octanol–water partition coefficient (Wildman–Crippen LogP) is 2.95. The lowest BCUT2D eigenvalue weighted by atomic mass is 10.0. The monoisotopic (exact) mass is 336 g/mol. The number of benzene rings is 1. The average Bonchev–Trinajstić information content (AvgIpc) is 3.31. The van der Waals surface area contributed by atoms with E-state index in [1.54, 1.807) is 0 Å². The summed E-state index contributed by atoms with van der Waals surface area (Å²) in [6.07, 6.45) is 4.43. The molecule has 0 saturated carbocycles. The van der Waals surface area contributed by atoms with Crippen LogP contribution >= 0.6 is 0 Å². The molecule has 3 aromatic rings. The fraction of sp³-hybridized carbons (Fsp3) is 0.421. The minimum atomic E-state index is 0.426. The zero-order valence-electron chi connectivity index (χ0n) is 15.1. The highest BCUT2D eigenvalue weighted by molar-refractivity contribution is 5.31. The minimum absolute atomic E-state index is 0.426. The normalized spacial score (nSPS) is 18.1. The number of hydrogen-bond acceptors (Lipinski definition) is 4. The molecule has 2 aromatic heterocycles. The van der Waals surface area contributed by atoms with E-state index in [4.69, 9.17) is 0 Å². The molecule has 1 aromatic carbocycles. The molecule has 0 spiro atoms. The Bertz CT molecular complexity index is 863. The van der Waals surface area contributed by atoms with Gasteiger partial charge in [-0.3, -0.25) is 9.58 Å². The molecule has 6 heteroatoms. The van der Waals surface area contributed by atoms with E-state index in [0.29, 0.717) is 6.04 Å². The third kappa shape index (κ3) is 2.98. The van der Waals surface area contributed by atoms with Crippen molar-refractivity contribution in [2.24, 2.45) is 7.05 Å². The predicted molar refractivity (Wildman–Crippen MR) is 96.4 cm³/mol. The first-order chi connectivity index (χ1) is 12.1. The Morgan fingerprint density at radius 1 is 1.16 bits per heavy atom. The Kier molecular flexibility index (Phi) is 4.13. The third-order valence-corrected chi connectivity index (χ3v) is 5.19. The summed E-state index contributed by atoms with van der Waals surface area (Å²) in [7, 11) is 2.02. The first-order valence-corrected chi connectivity index (χ1v) is 8.84. The van der Waals surface area contributed by atoms with Crippen LogP contribution in [-0.4, -0.2) is 36.2 Å². The second kappa shape index (κ2) is 6.44. The Hall–Kier alpha value is -2.47. The molecule has 0 N–H and O–H groups in total. The lowest BCUT2D eigenvalue weighted by Crippen LogP contribution is -2.23. The van der Waals surface area contributed by atoms with E-state index in [2.05, 4.69) is 34.2 Å². The summed E-state index contributed by atoms with van der Waals surface area (Å²) < 4.78 is 3.84. The number of rotatable bonds is 4. The maximum Gasteiger partial charge on any atom is 0.0972 e. The molecule has 25 heavy (non-hydrogen) atoms. The number of likely N-dealkylation sites (tertiary alicyclic amines) is 1. The van der Waals surface area contributed by atoms with Crippen LogP contribution in [0.1, 0.15) is 41.5 Å². The molecule has 1 fully saturated rings. The lowest BCUT2D eigenvalue weighted by Gasteiger charge is -2.24. The molecule has 1 atom stereocenters. The van der Waals surface area contributed by atoms with Gasteiger partial charge < -0.3 is 0 Å². The summed E-state index contributed by atoms with van der Waals surface area (Å²) in [4.78, 5) is 2.51. The second-order valence-corrected chi connectivity index (χ2v) is 6.83. The molecule has 1 aliphatic heterocycles. The quantitative estimate of drug-likeness (QED) is 0.735. The van der Waals surface area contributed by atoms with Gasteiger partial charge in [-0.2, -0.15) is 5.10 Å². The van der Waals surface area contributed by atoms with Crippen LogP contribution in [0.15, 0.2) is 36.5 Å². The summed E-state index contributed by atoms with van der Waals surface area (Å²) in [5.41, 5.74) is 5.84. The van der Waals surface area contributed by atoms with Crippen LogP contribution in [0.4, 0.5) is 0 Å². The van der Waals surface area contributed by atoms with Crippen LogP contribution in [0, 0.1) is 13.8 Å². The minimum Gasteiger partial charge on any atom is -0.290 e. The summed E-state index contributed by atoms with van der Waals surface area (Å²) in [5.74, 6) is 0. The van der Waals surface area contributed by atoms with Crippen molar-refractivity contribution in [1.29, 1.82) is 0 Å². The highest BCUT2D eigenvalue weighted by Gasteiger charge is 2.30. The standard InChI is InChI=1S/C19H24N6/c1-14-19(15(2)23(3)21-14)18-10-7-11-24(18)12-16-13-25(22-20-16)17-8-5-4-6-9-17/h4-6,8-9,13,18H,7,10-12H2,1-3H3/t18-/m0/s1. The van der Waals surface area contributed by atoms with Gasteiger partial charge in [0.05, 0.1) is 23.3 Å². The van der Waals surface area contributed by atoms with E-state index in [-0.39, 0.29) is 0 Å². The zero-order chi connectivity index (χ0) is 17.4. The fourth-order valence-corrected chi connectivity index (χ4v) is 3.90. The van der Waals surface area contributed by atoms with Crippen molar-refractivity contribution in [3.8, 4) is 5.69 Å². The van der Waals surface area contributed by atoms with Crippen LogP contribution in [0.3, 0.4) is 0 Å². The van der Waals surface area contributed by atoms with Gasteiger partial charge in [-0.05, 0) is 45.4 Å². The topological polar surface area (TPSA) is 51.8 Å². The van der Waals surface area contributed by atoms with Gasteiger partial charge in [-0.15, -0.1) is 5.10 Å². The van der Waals surface area contributed by atoms with E-state index >= 15 is 0 Å². The van der Waals surface area contributed by atoms with Gasteiger partial charge in [0, 0.05) is 30.9 Å². The van der Waals surface area contributed by atoms with E-state index in [1.165, 1.54) is 24.1 Å². The van der Waals surface area contributed by atoms with E-state index in [0.717, 1.165) is 30.2 Å². The van der Waals surface area contributed by atoms with Gasteiger partial charge in [-0.1, -0.05) is 23.4 Å². The number of aromatic nitrogens is 5. The maximum atomic E-state index is 4.60. The van der Waals surface area contributed by atoms with Gasteiger partial charge in [0.25, 0.3) is 0 Å². The largest absolute Gasteiger partial charge is 0.290 e. The molecule has 0 unspecified atom stereocenters. The van der Waals surface area contributed by atoms with E-state index in [9.17, 15) is 0 Å². The molecule has 0 aliphatic carbocycles. The molecule has 3 heterocycles. The summed E-state index contributed by atoms with van der Waals surface area (Å²) in [6, 6.07) is 10.5. The number of aryl methyl sites for hydroxylation is 2. The third-order valence-electron chi connectivity index (χ3n) is 5.19. The van der Waals surface area contributed by atoms with Gasteiger partial charge >= 0.3 is 0 Å². The van der Waals surface area contributed by atoms with Crippen molar-refractivity contribution < 1.29 is 0 Å². The van der Waals surface area contributed by atoms with Crippen molar-refractivity contribution in [1.82, 2.24) is 29.7 Å². The van der Waals surface area contributed by atoms with Gasteiger partial charge in [0.1, 0.15) is 0 Å². The molecule has 130 valence electrons. The first-order valence-electron chi connectivity index (χ1n) is 8.84. The molecule has 0 bridgehead atoms. The maximum absolute atomic E-state index is 4.60. The Morgan fingerprint density at radius 2 is 1.96 bits per heavy atom. The van der Waals surface area contributed by atoms with Crippen LogP contribution in [0.2, 0.25) is 0 Å². The van der Waals surface area contributed by atoms with E-state index < -0.39 is 0 Å². The van der Waals surface area contributed by atoms with Crippen molar-refractivity contribution in [2.75, 3.05) is 6.54 Å². The lowest BCUT2D eigenvalue weighted by molar-refractivity contribution is 0.244. The Morgan fingerprint density at radius 3 is 2.68 bits per heavy atom. The van der Waals surface area contributed by atoms with Crippen molar-refractivity contribution in [2.45, 2.75) is 39.3 Å². The highest BCUT2D eigenvalue weighted by Crippen LogP contribution is 2.36. The highest BCUT2D eigenvalue weighted by atomic mass is 15.4. The van der Waals surface area contributed by atoms with Gasteiger partial charge in [-0.25, -0.2) is 4.68 Å². The molecule has 1 aliphatic rings. The molecule has 4 rings (SSSR count). The number of hydrogen-bond donors (Lipinski definition) is 0. The van der Waals surface area contributed by atoms with Crippen molar-refractivity contribution >= 4 is 0 Å². The van der Waals surface area contributed by atoms with Gasteiger partial charge in [0.2, 0.25) is 0 Å². The summed E-state index contributed by atoms with van der Waals surface area (Å²) in [6.45, 7) is 6.20. The van der Waals surface area contributed by atoms with Crippen LogP contribution in [-0.2, 0) is 13.6 Å². The molecular weight excluding hydrogens is 312 g/mol. The smallest absolute Gasteiger partial charge is 0.0972 e. The second-order valence-electron chi connectivity index (χ2n) is 6.83. The first kappa shape index (κ1) is 16.0. The molecular formula is C19H24N6. The Balaban J connectivity index is 1.55. The number of para-hydroxylation sites is 1. The van der Waals surface area contributed by atoms with Crippen LogP contribution < -0.4 is 0 Å². The SMILES string of the molecule is Cc1nn(C)c(C)c1[C@@H]1CCCN1Cc1cn(-c2ccccc2)nn1. The molecule has 6 nitrogen and oxygen atoms in total.